The molecule has 6 nitrogen and oxygen atoms in total. The summed E-state index contributed by atoms with van der Waals surface area (Å²) in [6.07, 6.45) is -1.39. The van der Waals surface area contributed by atoms with Gasteiger partial charge in [0.1, 0.15) is 19.5 Å². The summed E-state index contributed by atoms with van der Waals surface area (Å²) in [5, 5.41) is 7.76. The van der Waals surface area contributed by atoms with Crippen LogP contribution in [0.2, 0.25) is 0 Å². The first-order valence-corrected chi connectivity index (χ1v) is 3.00. The van der Waals surface area contributed by atoms with Gasteiger partial charge in [-0.15, -0.1) is 0 Å². The molecule has 1 rings (SSSR count). The van der Waals surface area contributed by atoms with Crippen LogP contribution in [0.4, 0.5) is 4.79 Å². The standard InChI is InChI=1S/C5H8O6/c6-5(11-7)9-2-4-1-8-3-10-4/h4,7H,1-3H2. The third-order valence-corrected chi connectivity index (χ3v) is 1.15. The Bertz CT molecular complexity index is 129. The van der Waals surface area contributed by atoms with Gasteiger partial charge in [0, 0.05) is 0 Å². The fourth-order valence-electron chi connectivity index (χ4n) is 0.656. The van der Waals surface area contributed by atoms with Gasteiger partial charge in [0.05, 0.1) is 6.61 Å². The Morgan fingerprint density at radius 1 is 1.73 bits per heavy atom. The maximum atomic E-state index is 10.2. The number of hydrogen-bond acceptors (Lipinski definition) is 6. The third-order valence-electron chi connectivity index (χ3n) is 1.15. The van der Waals surface area contributed by atoms with Crippen molar-refractivity contribution < 1.29 is 29.1 Å². The summed E-state index contributed by atoms with van der Waals surface area (Å²) in [7, 11) is 0. The fraction of sp³-hybridized carbons (Fsp3) is 0.800. The van der Waals surface area contributed by atoms with Gasteiger partial charge in [0.15, 0.2) is 0 Å². The highest BCUT2D eigenvalue weighted by Crippen LogP contribution is 2.03. The van der Waals surface area contributed by atoms with Crippen molar-refractivity contribution in [3.8, 4) is 0 Å². The van der Waals surface area contributed by atoms with Crippen molar-refractivity contribution in [3.63, 3.8) is 0 Å². The molecule has 1 fully saturated rings. The van der Waals surface area contributed by atoms with Crippen molar-refractivity contribution in [2.75, 3.05) is 20.0 Å². The van der Waals surface area contributed by atoms with Crippen molar-refractivity contribution in [1.29, 1.82) is 0 Å². The van der Waals surface area contributed by atoms with E-state index >= 15 is 0 Å². The van der Waals surface area contributed by atoms with Gasteiger partial charge in [-0.05, 0) is 0 Å². The van der Waals surface area contributed by atoms with Gasteiger partial charge in [0.25, 0.3) is 0 Å². The maximum Gasteiger partial charge on any atom is 0.540 e. The van der Waals surface area contributed by atoms with Crippen LogP contribution in [0.5, 0.6) is 0 Å². The van der Waals surface area contributed by atoms with Crippen LogP contribution < -0.4 is 0 Å². The molecular formula is C5H8O6. The lowest BCUT2D eigenvalue weighted by Gasteiger charge is -2.05. The minimum atomic E-state index is -1.14. The lowest BCUT2D eigenvalue weighted by Crippen LogP contribution is -2.20. The summed E-state index contributed by atoms with van der Waals surface area (Å²) in [6.45, 7) is 0.625. The third kappa shape index (κ3) is 2.71. The molecule has 0 amide bonds. The van der Waals surface area contributed by atoms with Gasteiger partial charge < -0.3 is 14.2 Å². The highest BCUT2D eigenvalue weighted by molar-refractivity contribution is 5.58. The second kappa shape index (κ2) is 4.12. The second-order valence-electron chi connectivity index (χ2n) is 1.93. The Labute approximate surface area is 62.5 Å². The van der Waals surface area contributed by atoms with Gasteiger partial charge in [-0.3, -0.25) is 4.89 Å². The van der Waals surface area contributed by atoms with Crippen molar-refractivity contribution in [2.45, 2.75) is 6.10 Å². The van der Waals surface area contributed by atoms with Gasteiger partial charge >= 0.3 is 6.16 Å². The van der Waals surface area contributed by atoms with E-state index in [2.05, 4.69) is 9.62 Å². The molecule has 11 heavy (non-hydrogen) atoms. The first-order valence-electron chi connectivity index (χ1n) is 3.00. The normalized spacial score (nSPS) is 23.2. The molecule has 1 saturated heterocycles. The first kappa shape index (κ1) is 8.25. The van der Waals surface area contributed by atoms with Crippen LogP contribution in [0.1, 0.15) is 0 Å². The van der Waals surface area contributed by atoms with Crippen LogP contribution in [0.3, 0.4) is 0 Å². The molecule has 0 aromatic heterocycles. The number of hydrogen-bond donors (Lipinski definition) is 1. The number of ether oxygens (including phenoxy) is 3. The molecule has 64 valence electrons. The van der Waals surface area contributed by atoms with E-state index in [1.807, 2.05) is 0 Å². The van der Waals surface area contributed by atoms with Gasteiger partial charge in [-0.1, -0.05) is 0 Å². The number of rotatable bonds is 2. The van der Waals surface area contributed by atoms with E-state index in [1.54, 1.807) is 0 Å². The smallest absolute Gasteiger partial charge is 0.429 e. The first-order chi connectivity index (χ1) is 5.33. The molecule has 0 radical (unpaired) electrons. The van der Waals surface area contributed by atoms with E-state index < -0.39 is 6.16 Å². The SMILES string of the molecule is O=C(OO)OCC1COCO1. The maximum absolute atomic E-state index is 10.2. The zero-order chi connectivity index (χ0) is 8.10. The number of carbonyl (C=O) groups is 1. The average Bonchev–Trinajstić information content (AvgIpc) is 2.52. The van der Waals surface area contributed by atoms with Gasteiger partial charge in [-0.2, -0.15) is 5.26 Å². The molecule has 0 saturated carbocycles. The molecule has 0 aromatic rings. The Kier molecular flexibility index (Phi) is 3.09. The van der Waals surface area contributed by atoms with Crippen molar-refractivity contribution >= 4 is 6.16 Å². The predicted octanol–water partition coefficient (Wildman–Crippen LogP) is -0.0145. The summed E-state index contributed by atoms with van der Waals surface area (Å²) in [6, 6.07) is 0. The summed E-state index contributed by atoms with van der Waals surface area (Å²) in [5.74, 6) is 0. The van der Waals surface area contributed by atoms with Crippen LogP contribution in [0, 0.1) is 0 Å². The summed E-state index contributed by atoms with van der Waals surface area (Å²) < 4.78 is 14.1. The molecule has 0 aliphatic carbocycles. The van der Waals surface area contributed by atoms with E-state index in [-0.39, 0.29) is 19.5 Å². The van der Waals surface area contributed by atoms with Crippen LogP contribution in [-0.2, 0) is 19.1 Å². The Hall–Kier alpha value is -0.850. The van der Waals surface area contributed by atoms with E-state index in [9.17, 15) is 4.79 Å². The Balaban J connectivity index is 2.06. The van der Waals surface area contributed by atoms with E-state index in [4.69, 9.17) is 14.7 Å². The molecule has 0 spiro atoms. The lowest BCUT2D eigenvalue weighted by molar-refractivity contribution is -0.202. The Morgan fingerprint density at radius 2 is 2.55 bits per heavy atom. The second-order valence-corrected chi connectivity index (χ2v) is 1.93. The highest BCUT2D eigenvalue weighted by atomic mass is 17.1. The van der Waals surface area contributed by atoms with Crippen molar-refractivity contribution in [2.24, 2.45) is 0 Å². The largest absolute Gasteiger partial charge is 0.540 e. The monoisotopic (exact) mass is 164 g/mol. The van der Waals surface area contributed by atoms with Crippen molar-refractivity contribution in [1.82, 2.24) is 0 Å². The minimum Gasteiger partial charge on any atom is -0.429 e. The van der Waals surface area contributed by atoms with Crippen molar-refractivity contribution in [3.05, 3.63) is 0 Å². The molecule has 1 atom stereocenters. The predicted molar refractivity (Wildman–Crippen MR) is 30.8 cm³/mol. The molecular weight excluding hydrogens is 156 g/mol. The minimum absolute atomic E-state index is 0.0272. The average molecular weight is 164 g/mol. The lowest BCUT2D eigenvalue weighted by atomic mass is 10.4. The van der Waals surface area contributed by atoms with Crippen LogP contribution in [-0.4, -0.2) is 37.5 Å². The molecule has 1 unspecified atom stereocenters. The molecule has 0 bridgehead atoms. The zero-order valence-corrected chi connectivity index (χ0v) is 5.69. The number of carbonyl (C=O) groups excluding carboxylic acids is 1. The summed E-state index contributed by atoms with van der Waals surface area (Å²) in [4.78, 5) is 13.4. The Morgan fingerprint density at radius 3 is 3.09 bits per heavy atom. The van der Waals surface area contributed by atoms with Crippen LogP contribution in [0.25, 0.3) is 0 Å². The molecule has 1 heterocycles. The molecule has 6 heteroatoms. The van der Waals surface area contributed by atoms with Crippen LogP contribution in [0.15, 0.2) is 0 Å². The van der Waals surface area contributed by atoms with E-state index in [1.165, 1.54) is 0 Å². The van der Waals surface area contributed by atoms with E-state index in [0.717, 1.165) is 0 Å². The molecule has 1 aliphatic heterocycles. The summed E-state index contributed by atoms with van der Waals surface area (Å²) in [5.41, 5.74) is 0. The zero-order valence-electron chi connectivity index (χ0n) is 5.69. The molecule has 1 N–H and O–H groups in total. The molecule has 1 aliphatic rings. The van der Waals surface area contributed by atoms with Gasteiger partial charge in [0.2, 0.25) is 0 Å². The highest BCUT2D eigenvalue weighted by Gasteiger charge is 2.18. The fourth-order valence-corrected chi connectivity index (χ4v) is 0.656. The van der Waals surface area contributed by atoms with Crippen LogP contribution >= 0.6 is 0 Å². The topological polar surface area (TPSA) is 74.2 Å². The van der Waals surface area contributed by atoms with E-state index in [0.29, 0.717) is 6.61 Å². The van der Waals surface area contributed by atoms with Gasteiger partial charge in [-0.25, -0.2) is 4.79 Å². The quantitative estimate of drug-likeness (QED) is 0.351. The molecule has 0 aromatic carbocycles. The summed E-state index contributed by atoms with van der Waals surface area (Å²) >= 11 is 0.